The van der Waals surface area contributed by atoms with Crippen LogP contribution < -0.4 is 15.4 Å². The van der Waals surface area contributed by atoms with Crippen molar-refractivity contribution >= 4 is 72.4 Å². The maximum atomic E-state index is 13.5. The SMILES string of the molecule is COc1ccc(CNc2nsc3c(Cl)c(C(=O)N[C@@H](Cc4cccc(S(C)(=O)=O)c4)C(=O)OC(C)C)c(Cl)cc23)cc1. The third kappa shape index (κ3) is 7.52. The molecule has 9 nitrogen and oxygen atoms in total. The van der Waals surface area contributed by atoms with Crippen molar-refractivity contribution in [3.8, 4) is 5.75 Å². The lowest BCUT2D eigenvalue weighted by molar-refractivity contribution is -0.149. The molecule has 0 unspecified atom stereocenters. The lowest BCUT2D eigenvalue weighted by Gasteiger charge is -2.20. The normalized spacial score (nSPS) is 12.3. The van der Waals surface area contributed by atoms with Gasteiger partial charge in [-0.3, -0.25) is 4.79 Å². The lowest BCUT2D eigenvalue weighted by atomic mass is 10.0. The number of sulfone groups is 1. The number of nitrogens with zero attached hydrogens (tertiary/aromatic N) is 1. The van der Waals surface area contributed by atoms with Crippen LogP contribution >= 0.6 is 34.7 Å². The molecule has 0 fully saturated rings. The minimum Gasteiger partial charge on any atom is -0.497 e. The second-order valence-electron chi connectivity index (χ2n) is 9.79. The Bertz CT molecular complexity index is 1720. The molecule has 0 aliphatic heterocycles. The summed E-state index contributed by atoms with van der Waals surface area (Å²) in [5, 5.41) is 6.77. The summed E-state index contributed by atoms with van der Waals surface area (Å²) in [6.07, 6.45) is 0.639. The number of esters is 1. The van der Waals surface area contributed by atoms with Crippen molar-refractivity contribution in [2.75, 3.05) is 18.7 Å². The molecule has 4 rings (SSSR count). The molecule has 4 aromatic rings. The van der Waals surface area contributed by atoms with Gasteiger partial charge in [0.05, 0.1) is 38.4 Å². The zero-order chi connectivity index (χ0) is 30.6. The minimum absolute atomic E-state index is 0.0107. The summed E-state index contributed by atoms with van der Waals surface area (Å²) in [6, 6.07) is 14.2. The van der Waals surface area contributed by atoms with Crippen molar-refractivity contribution in [3.05, 3.63) is 81.3 Å². The van der Waals surface area contributed by atoms with Crippen LogP contribution in [-0.4, -0.2) is 50.2 Å². The summed E-state index contributed by atoms with van der Waals surface area (Å²) < 4.78 is 39.6. The number of anilines is 1. The van der Waals surface area contributed by atoms with E-state index in [1.165, 1.54) is 12.1 Å². The zero-order valence-electron chi connectivity index (χ0n) is 23.2. The Labute approximate surface area is 258 Å². The highest BCUT2D eigenvalue weighted by Gasteiger charge is 2.28. The number of nitrogens with one attached hydrogen (secondary N) is 2. The molecule has 1 amide bonds. The van der Waals surface area contributed by atoms with Crippen LogP contribution in [0.3, 0.4) is 0 Å². The van der Waals surface area contributed by atoms with Gasteiger partial charge in [0.15, 0.2) is 9.84 Å². The van der Waals surface area contributed by atoms with E-state index in [1.54, 1.807) is 39.2 Å². The van der Waals surface area contributed by atoms with E-state index in [9.17, 15) is 18.0 Å². The molecule has 0 saturated carbocycles. The quantitative estimate of drug-likeness (QED) is 0.192. The van der Waals surface area contributed by atoms with E-state index >= 15 is 0 Å². The average Bonchev–Trinajstić information content (AvgIpc) is 3.34. The van der Waals surface area contributed by atoms with Gasteiger partial charge in [0, 0.05) is 24.6 Å². The molecule has 13 heteroatoms. The Morgan fingerprint density at radius 2 is 1.76 bits per heavy atom. The summed E-state index contributed by atoms with van der Waals surface area (Å²) >= 11 is 14.4. The third-order valence-electron chi connectivity index (χ3n) is 6.21. The molecule has 0 radical (unpaired) electrons. The Balaban J connectivity index is 1.58. The van der Waals surface area contributed by atoms with Crippen molar-refractivity contribution in [2.45, 2.75) is 43.9 Å². The molecule has 0 saturated heterocycles. The van der Waals surface area contributed by atoms with Crippen molar-refractivity contribution in [3.63, 3.8) is 0 Å². The minimum atomic E-state index is -3.47. The number of hydrogen-bond acceptors (Lipinski definition) is 9. The zero-order valence-corrected chi connectivity index (χ0v) is 26.4. The largest absolute Gasteiger partial charge is 0.497 e. The molecule has 0 aliphatic rings. The summed E-state index contributed by atoms with van der Waals surface area (Å²) in [6.45, 7) is 3.86. The van der Waals surface area contributed by atoms with E-state index in [-0.39, 0.29) is 26.9 Å². The number of hydrogen-bond donors (Lipinski definition) is 2. The summed E-state index contributed by atoms with van der Waals surface area (Å²) in [5.74, 6) is -0.0488. The third-order valence-corrected chi connectivity index (χ3v) is 8.99. The predicted molar refractivity (Wildman–Crippen MR) is 166 cm³/mol. The van der Waals surface area contributed by atoms with E-state index in [2.05, 4.69) is 15.0 Å². The van der Waals surface area contributed by atoms with Crippen LogP contribution in [0.4, 0.5) is 5.82 Å². The predicted octanol–water partition coefficient (Wildman–Crippen LogP) is 5.92. The fourth-order valence-electron chi connectivity index (χ4n) is 4.15. The molecular weight excluding hydrogens is 621 g/mol. The first kappa shape index (κ1) is 31.6. The number of carbonyl (C=O) groups is 2. The Morgan fingerprint density at radius 3 is 2.40 bits per heavy atom. The Hall–Kier alpha value is -3.38. The van der Waals surface area contributed by atoms with E-state index in [0.717, 1.165) is 29.1 Å². The van der Waals surface area contributed by atoms with Crippen LogP contribution in [-0.2, 0) is 32.3 Å². The Kier molecular flexibility index (Phi) is 9.98. The fraction of sp³-hybridized carbons (Fsp3) is 0.276. The number of aromatic nitrogens is 1. The first-order valence-corrected chi connectivity index (χ1v) is 16.2. The van der Waals surface area contributed by atoms with Crippen LogP contribution in [0.2, 0.25) is 10.0 Å². The number of rotatable bonds is 11. The highest BCUT2D eigenvalue weighted by molar-refractivity contribution is 7.90. The summed E-state index contributed by atoms with van der Waals surface area (Å²) in [5.41, 5.74) is 1.52. The standard InChI is InChI=1S/C29H29Cl2N3O6S2/c1-16(2)40-29(36)23(13-18-6-5-7-20(12-18)42(4,37)38)33-28(35)24-22(30)14-21-26(25(24)31)41-34-27(21)32-15-17-8-10-19(39-3)11-9-17/h5-12,14,16,23H,13,15H2,1-4H3,(H,32,34)(H,33,35)/t23-/m0/s1. The second kappa shape index (κ2) is 13.3. The van der Waals surface area contributed by atoms with Crippen molar-refractivity contribution in [2.24, 2.45) is 0 Å². The van der Waals surface area contributed by atoms with Gasteiger partial charge in [0.25, 0.3) is 5.91 Å². The topological polar surface area (TPSA) is 124 Å². The van der Waals surface area contributed by atoms with Crippen molar-refractivity contribution in [1.82, 2.24) is 9.69 Å². The number of ether oxygens (including phenoxy) is 2. The molecule has 0 aliphatic carbocycles. The highest BCUT2D eigenvalue weighted by atomic mass is 35.5. The van der Waals surface area contributed by atoms with Crippen LogP contribution in [0, 0.1) is 0 Å². The maximum Gasteiger partial charge on any atom is 0.329 e. The van der Waals surface area contributed by atoms with Gasteiger partial charge in [-0.25, -0.2) is 13.2 Å². The van der Waals surface area contributed by atoms with E-state index in [4.69, 9.17) is 32.7 Å². The van der Waals surface area contributed by atoms with Crippen LogP contribution in [0.25, 0.3) is 10.1 Å². The Morgan fingerprint density at radius 1 is 1.05 bits per heavy atom. The van der Waals surface area contributed by atoms with E-state index < -0.39 is 33.9 Å². The average molecular weight is 651 g/mol. The van der Waals surface area contributed by atoms with Gasteiger partial charge in [0.2, 0.25) is 0 Å². The van der Waals surface area contributed by atoms with Crippen LogP contribution in [0.15, 0.2) is 59.5 Å². The number of methoxy groups -OCH3 is 1. The van der Waals surface area contributed by atoms with Gasteiger partial charge in [-0.05, 0) is 66.8 Å². The highest BCUT2D eigenvalue weighted by Crippen LogP contribution is 2.39. The van der Waals surface area contributed by atoms with Crippen LogP contribution in [0.1, 0.15) is 35.3 Å². The number of amides is 1. The molecule has 1 atom stereocenters. The van der Waals surface area contributed by atoms with Gasteiger partial charge in [-0.1, -0.05) is 47.5 Å². The molecule has 3 aromatic carbocycles. The summed E-state index contributed by atoms with van der Waals surface area (Å²) in [4.78, 5) is 26.6. The van der Waals surface area contributed by atoms with Gasteiger partial charge >= 0.3 is 5.97 Å². The molecule has 1 aromatic heterocycles. The first-order chi connectivity index (χ1) is 19.9. The molecule has 42 heavy (non-hydrogen) atoms. The molecule has 1 heterocycles. The van der Waals surface area contributed by atoms with Gasteiger partial charge in [-0.15, -0.1) is 0 Å². The number of carbonyl (C=O) groups excluding carboxylic acids is 2. The van der Waals surface area contributed by atoms with E-state index in [0.29, 0.717) is 28.0 Å². The lowest BCUT2D eigenvalue weighted by Crippen LogP contribution is -2.44. The van der Waals surface area contributed by atoms with Crippen LogP contribution in [0.5, 0.6) is 5.75 Å². The van der Waals surface area contributed by atoms with Gasteiger partial charge in [0.1, 0.15) is 17.6 Å². The monoisotopic (exact) mass is 649 g/mol. The molecular formula is C29H29Cl2N3O6S2. The molecule has 2 N–H and O–H groups in total. The summed E-state index contributed by atoms with van der Waals surface area (Å²) in [7, 11) is -1.87. The first-order valence-electron chi connectivity index (χ1n) is 12.8. The molecule has 222 valence electrons. The van der Waals surface area contributed by atoms with Gasteiger partial charge in [-0.2, -0.15) is 4.37 Å². The number of benzene rings is 3. The van der Waals surface area contributed by atoms with Crippen molar-refractivity contribution in [1.29, 1.82) is 0 Å². The van der Waals surface area contributed by atoms with Crippen molar-refractivity contribution < 1.29 is 27.5 Å². The van der Waals surface area contributed by atoms with Gasteiger partial charge < -0.3 is 20.1 Å². The fourth-order valence-corrected chi connectivity index (χ4v) is 6.35. The van der Waals surface area contributed by atoms with E-state index in [1.807, 2.05) is 24.3 Å². The maximum absolute atomic E-state index is 13.5. The second-order valence-corrected chi connectivity index (χ2v) is 13.4. The number of halogens is 2. The number of fused-ring (bicyclic) bond motifs is 1. The molecule has 0 bridgehead atoms. The molecule has 0 spiro atoms. The smallest absolute Gasteiger partial charge is 0.329 e.